The number of aryl methyl sites for hydroxylation is 1. The number of ether oxygens (including phenoxy) is 2. The van der Waals surface area contributed by atoms with E-state index in [2.05, 4.69) is 18.4 Å². The van der Waals surface area contributed by atoms with Gasteiger partial charge in [0.05, 0.1) is 18.8 Å². The Kier molecular flexibility index (Phi) is 5.14. The van der Waals surface area contributed by atoms with Crippen LogP contribution in [0, 0.1) is 6.92 Å². The van der Waals surface area contributed by atoms with Crippen LogP contribution in [0.2, 0.25) is 0 Å². The maximum atomic E-state index is 5.73. The number of hydrogen-bond donors (Lipinski definition) is 2. The summed E-state index contributed by atoms with van der Waals surface area (Å²) in [5.41, 5.74) is 4.67. The van der Waals surface area contributed by atoms with Gasteiger partial charge in [-0.1, -0.05) is 24.6 Å². The highest BCUT2D eigenvalue weighted by Gasteiger charge is 2.34. The normalized spacial score (nSPS) is 16.1. The zero-order chi connectivity index (χ0) is 13.8. The smallest absolute Gasteiger partial charge is 0.123 e. The van der Waals surface area contributed by atoms with Crippen LogP contribution >= 0.6 is 0 Å². The second kappa shape index (κ2) is 6.18. The Balaban J connectivity index is 3.27. The molecule has 0 spiro atoms. The van der Waals surface area contributed by atoms with E-state index in [4.69, 9.17) is 15.3 Å². The number of nitrogens with two attached hydrogens (primary N) is 1. The van der Waals surface area contributed by atoms with Gasteiger partial charge in [0.1, 0.15) is 5.75 Å². The van der Waals surface area contributed by atoms with Crippen LogP contribution in [0.4, 0.5) is 0 Å². The summed E-state index contributed by atoms with van der Waals surface area (Å²) in [6, 6.07) is 5.94. The standard InChI is InChI=1S/C14H24N2O2/c1-6-14(3,18-5)13(16-15)11-9-10(2)7-8-12(11)17-4/h7-9,13,16H,6,15H2,1-5H3. The van der Waals surface area contributed by atoms with Gasteiger partial charge in [-0.2, -0.15) is 0 Å². The molecule has 4 heteroatoms. The van der Waals surface area contributed by atoms with E-state index in [0.717, 1.165) is 17.7 Å². The van der Waals surface area contributed by atoms with E-state index in [1.165, 1.54) is 5.56 Å². The van der Waals surface area contributed by atoms with E-state index in [0.29, 0.717) is 0 Å². The molecule has 102 valence electrons. The molecule has 0 aliphatic rings. The number of rotatable bonds is 6. The molecule has 3 N–H and O–H groups in total. The lowest BCUT2D eigenvalue weighted by Gasteiger charge is -2.36. The molecule has 0 aromatic heterocycles. The van der Waals surface area contributed by atoms with Gasteiger partial charge >= 0.3 is 0 Å². The average Bonchev–Trinajstić information content (AvgIpc) is 2.39. The molecular weight excluding hydrogens is 228 g/mol. The quantitative estimate of drug-likeness (QED) is 0.602. The minimum atomic E-state index is -0.379. The number of hydrazine groups is 1. The molecule has 0 saturated heterocycles. The van der Waals surface area contributed by atoms with E-state index in [-0.39, 0.29) is 11.6 Å². The summed E-state index contributed by atoms with van der Waals surface area (Å²) in [4.78, 5) is 0. The topological polar surface area (TPSA) is 56.5 Å². The van der Waals surface area contributed by atoms with Crippen LogP contribution in [0.3, 0.4) is 0 Å². The molecule has 0 fully saturated rings. The summed E-state index contributed by atoms with van der Waals surface area (Å²) in [6.07, 6.45) is 0.843. The summed E-state index contributed by atoms with van der Waals surface area (Å²) in [5, 5.41) is 0. The summed E-state index contributed by atoms with van der Waals surface area (Å²) in [5.74, 6) is 6.55. The number of hydrogen-bond acceptors (Lipinski definition) is 4. The summed E-state index contributed by atoms with van der Waals surface area (Å²) in [7, 11) is 3.37. The van der Waals surface area contributed by atoms with E-state index in [9.17, 15) is 0 Å². The molecule has 1 aromatic rings. The summed E-state index contributed by atoms with van der Waals surface area (Å²) in [6.45, 7) is 6.17. The van der Waals surface area contributed by atoms with Crippen LogP contribution < -0.4 is 16.0 Å². The molecule has 2 unspecified atom stereocenters. The van der Waals surface area contributed by atoms with Gasteiger partial charge in [-0.15, -0.1) is 0 Å². The molecule has 2 atom stereocenters. The maximum Gasteiger partial charge on any atom is 0.123 e. The minimum Gasteiger partial charge on any atom is -0.496 e. The average molecular weight is 252 g/mol. The van der Waals surface area contributed by atoms with E-state index >= 15 is 0 Å². The SMILES string of the molecule is CCC(C)(OC)C(NN)c1cc(C)ccc1OC. The highest BCUT2D eigenvalue weighted by molar-refractivity contribution is 5.40. The molecule has 18 heavy (non-hydrogen) atoms. The molecule has 1 aromatic carbocycles. The lowest BCUT2D eigenvalue weighted by molar-refractivity contribution is -0.0305. The minimum absolute atomic E-state index is 0.123. The molecule has 0 bridgehead atoms. The fourth-order valence-electron chi connectivity index (χ4n) is 2.14. The Bertz CT molecular complexity index is 389. The van der Waals surface area contributed by atoms with Gasteiger partial charge in [-0.3, -0.25) is 5.84 Å². The third-order valence-electron chi connectivity index (χ3n) is 3.64. The van der Waals surface area contributed by atoms with Gasteiger partial charge in [0.2, 0.25) is 0 Å². The van der Waals surface area contributed by atoms with Crippen LogP contribution in [-0.2, 0) is 4.74 Å². The van der Waals surface area contributed by atoms with Crippen LogP contribution in [0.5, 0.6) is 5.75 Å². The first-order valence-electron chi connectivity index (χ1n) is 6.18. The molecule has 0 heterocycles. The second-order valence-corrected chi connectivity index (χ2v) is 4.72. The molecule has 4 nitrogen and oxygen atoms in total. The van der Waals surface area contributed by atoms with Crippen molar-refractivity contribution in [3.8, 4) is 5.75 Å². The first-order valence-corrected chi connectivity index (χ1v) is 6.18. The zero-order valence-electron chi connectivity index (χ0n) is 11.9. The molecular formula is C14H24N2O2. The van der Waals surface area contributed by atoms with Crippen molar-refractivity contribution in [3.05, 3.63) is 29.3 Å². The fraction of sp³-hybridized carbons (Fsp3) is 0.571. The highest BCUT2D eigenvalue weighted by atomic mass is 16.5. The summed E-state index contributed by atoms with van der Waals surface area (Å²) < 4.78 is 11.1. The Morgan fingerprint density at radius 3 is 2.50 bits per heavy atom. The number of benzene rings is 1. The number of nitrogens with one attached hydrogen (secondary N) is 1. The molecule has 0 radical (unpaired) electrons. The van der Waals surface area contributed by atoms with Crippen LogP contribution in [0.15, 0.2) is 18.2 Å². The van der Waals surface area contributed by atoms with Crippen molar-refractivity contribution in [3.63, 3.8) is 0 Å². The predicted molar refractivity (Wildman–Crippen MR) is 73.5 cm³/mol. The fourth-order valence-corrected chi connectivity index (χ4v) is 2.14. The first kappa shape index (κ1) is 15.0. The maximum absolute atomic E-state index is 5.73. The lowest BCUT2D eigenvalue weighted by Crippen LogP contribution is -2.45. The largest absolute Gasteiger partial charge is 0.496 e. The third-order valence-corrected chi connectivity index (χ3v) is 3.64. The molecule has 1 rings (SSSR count). The Morgan fingerprint density at radius 2 is 2.06 bits per heavy atom. The zero-order valence-corrected chi connectivity index (χ0v) is 11.9. The van der Waals surface area contributed by atoms with Gasteiger partial charge in [0.25, 0.3) is 0 Å². The van der Waals surface area contributed by atoms with Crippen molar-refractivity contribution < 1.29 is 9.47 Å². The molecule has 0 aliphatic heterocycles. The van der Waals surface area contributed by atoms with Gasteiger partial charge in [0.15, 0.2) is 0 Å². The van der Waals surface area contributed by atoms with Crippen molar-refractivity contribution >= 4 is 0 Å². The van der Waals surface area contributed by atoms with Crippen molar-refractivity contribution in [1.29, 1.82) is 0 Å². The molecule has 0 aliphatic carbocycles. The Hall–Kier alpha value is -1.10. The van der Waals surface area contributed by atoms with E-state index in [1.807, 2.05) is 26.0 Å². The second-order valence-electron chi connectivity index (χ2n) is 4.72. The van der Waals surface area contributed by atoms with Gasteiger partial charge < -0.3 is 9.47 Å². The van der Waals surface area contributed by atoms with Crippen LogP contribution in [0.1, 0.15) is 37.4 Å². The predicted octanol–water partition coefficient (Wildman–Crippen LogP) is 2.32. The third kappa shape index (κ3) is 2.83. The highest BCUT2D eigenvalue weighted by Crippen LogP contribution is 2.36. The van der Waals surface area contributed by atoms with Crippen LogP contribution in [0.25, 0.3) is 0 Å². The molecule has 0 saturated carbocycles. The first-order chi connectivity index (χ1) is 8.52. The van der Waals surface area contributed by atoms with Gasteiger partial charge in [-0.05, 0) is 26.3 Å². The van der Waals surface area contributed by atoms with Crippen molar-refractivity contribution in [2.75, 3.05) is 14.2 Å². The Morgan fingerprint density at radius 1 is 1.39 bits per heavy atom. The van der Waals surface area contributed by atoms with E-state index in [1.54, 1.807) is 14.2 Å². The van der Waals surface area contributed by atoms with Gasteiger partial charge in [0, 0.05) is 12.7 Å². The van der Waals surface area contributed by atoms with Crippen LogP contribution in [-0.4, -0.2) is 19.8 Å². The molecule has 0 amide bonds. The van der Waals surface area contributed by atoms with Gasteiger partial charge in [-0.25, -0.2) is 5.43 Å². The Labute approximate surface area is 109 Å². The van der Waals surface area contributed by atoms with Crippen molar-refractivity contribution in [1.82, 2.24) is 5.43 Å². The lowest BCUT2D eigenvalue weighted by atomic mass is 9.87. The summed E-state index contributed by atoms with van der Waals surface area (Å²) >= 11 is 0. The number of methoxy groups -OCH3 is 2. The van der Waals surface area contributed by atoms with E-state index < -0.39 is 0 Å². The monoisotopic (exact) mass is 252 g/mol. The van der Waals surface area contributed by atoms with Crippen molar-refractivity contribution in [2.45, 2.75) is 38.8 Å². The van der Waals surface area contributed by atoms with Crippen molar-refractivity contribution in [2.24, 2.45) is 5.84 Å².